The zero-order valence-electron chi connectivity index (χ0n) is 13.0. The van der Waals surface area contributed by atoms with Crippen LogP contribution in [-0.4, -0.2) is 20.6 Å². The van der Waals surface area contributed by atoms with Gasteiger partial charge >= 0.3 is 0 Å². The molecule has 0 heterocycles. The van der Waals surface area contributed by atoms with Crippen LogP contribution in [0.3, 0.4) is 0 Å². The average molecular weight is 329 g/mol. The summed E-state index contributed by atoms with van der Waals surface area (Å²) in [4.78, 5) is 12.6. The van der Waals surface area contributed by atoms with E-state index >= 15 is 0 Å². The van der Waals surface area contributed by atoms with Crippen molar-refractivity contribution in [3.63, 3.8) is 0 Å². The van der Waals surface area contributed by atoms with E-state index in [2.05, 4.69) is 5.32 Å². The topological polar surface area (TPSA) is 63.2 Å². The van der Waals surface area contributed by atoms with Gasteiger partial charge in [0.05, 0.1) is 10.6 Å². The Morgan fingerprint density at radius 2 is 1.70 bits per heavy atom. The van der Waals surface area contributed by atoms with Crippen molar-refractivity contribution < 1.29 is 13.2 Å². The van der Waals surface area contributed by atoms with Gasteiger partial charge in [-0.15, -0.1) is 0 Å². The number of sulfone groups is 1. The van der Waals surface area contributed by atoms with Crippen LogP contribution in [0.25, 0.3) is 0 Å². The highest BCUT2D eigenvalue weighted by Gasteiger charge is 2.17. The van der Waals surface area contributed by atoms with Gasteiger partial charge in [-0.05, 0) is 61.1 Å². The van der Waals surface area contributed by atoms with Crippen LogP contribution in [0.4, 0.5) is 5.69 Å². The second-order valence-corrected chi connectivity index (χ2v) is 7.90. The smallest absolute Gasteiger partial charge is 0.255 e. The number of hydrogen-bond acceptors (Lipinski definition) is 3. The van der Waals surface area contributed by atoms with Crippen molar-refractivity contribution in [1.29, 1.82) is 0 Å². The third kappa shape index (κ3) is 3.45. The fraction of sp³-hybridized carbons (Fsp3) is 0.278. The fourth-order valence-corrected chi connectivity index (χ4v) is 3.81. The lowest BCUT2D eigenvalue weighted by atomic mass is 9.90. The number of carbonyl (C=O) groups excluding carboxylic acids is 1. The summed E-state index contributed by atoms with van der Waals surface area (Å²) >= 11 is 0. The van der Waals surface area contributed by atoms with Crippen LogP contribution < -0.4 is 5.32 Å². The molecule has 0 saturated heterocycles. The Hall–Kier alpha value is -2.14. The lowest BCUT2D eigenvalue weighted by Crippen LogP contribution is -2.15. The Balaban J connectivity index is 1.88. The summed E-state index contributed by atoms with van der Waals surface area (Å²) in [6.45, 7) is 0. The summed E-state index contributed by atoms with van der Waals surface area (Å²) < 4.78 is 23.6. The van der Waals surface area contributed by atoms with Crippen molar-refractivity contribution in [3.8, 4) is 0 Å². The standard InChI is InChI=1S/C18H19NO3S/c1-23(21,22)17-9-5-4-8-16(17)19-18(20)15-11-10-13-6-2-3-7-14(13)12-15/h4-5,8-12H,2-3,6-7H2,1H3,(H,19,20). The summed E-state index contributed by atoms with van der Waals surface area (Å²) in [6, 6.07) is 12.2. The van der Waals surface area contributed by atoms with Crippen LogP contribution in [-0.2, 0) is 22.7 Å². The van der Waals surface area contributed by atoms with Gasteiger partial charge in [0, 0.05) is 11.8 Å². The molecule has 0 unspecified atom stereocenters. The maximum atomic E-state index is 12.5. The van der Waals surface area contributed by atoms with Crippen LogP contribution in [0.1, 0.15) is 34.3 Å². The van der Waals surface area contributed by atoms with Gasteiger partial charge in [0.15, 0.2) is 9.84 Å². The second-order valence-electron chi connectivity index (χ2n) is 5.91. The number of aryl methyl sites for hydroxylation is 2. The Labute approximate surface area is 136 Å². The molecule has 0 atom stereocenters. The third-order valence-corrected chi connectivity index (χ3v) is 5.30. The zero-order valence-corrected chi connectivity index (χ0v) is 13.8. The number of fused-ring (bicyclic) bond motifs is 1. The van der Waals surface area contributed by atoms with Crippen molar-refractivity contribution >= 4 is 21.4 Å². The largest absolute Gasteiger partial charge is 0.321 e. The van der Waals surface area contributed by atoms with Gasteiger partial charge in [-0.25, -0.2) is 8.42 Å². The first kappa shape index (κ1) is 15.7. The molecule has 2 aromatic carbocycles. The number of para-hydroxylation sites is 1. The molecular formula is C18H19NO3S. The number of benzene rings is 2. The Kier molecular flexibility index (Phi) is 4.22. The molecule has 1 aliphatic rings. The predicted octanol–water partition coefficient (Wildman–Crippen LogP) is 3.22. The second kappa shape index (κ2) is 6.16. The van der Waals surface area contributed by atoms with Gasteiger partial charge < -0.3 is 5.32 Å². The minimum atomic E-state index is -3.39. The minimum Gasteiger partial charge on any atom is -0.321 e. The molecule has 5 heteroatoms. The quantitative estimate of drug-likeness (QED) is 0.940. The molecular weight excluding hydrogens is 310 g/mol. The minimum absolute atomic E-state index is 0.131. The Bertz CT molecular complexity index is 856. The van der Waals surface area contributed by atoms with Gasteiger partial charge in [0.1, 0.15) is 0 Å². The molecule has 0 radical (unpaired) electrons. The van der Waals surface area contributed by atoms with Crippen LogP contribution >= 0.6 is 0 Å². The molecule has 1 aliphatic carbocycles. The normalized spacial score (nSPS) is 14.1. The van der Waals surface area contributed by atoms with E-state index in [0.29, 0.717) is 11.3 Å². The summed E-state index contributed by atoms with van der Waals surface area (Å²) in [5.41, 5.74) is 3.41. The van der Waals surface area contributed by atoms with Gasteiger partial charge in [-0.3, -0.25) is 4.79 Å². The van der Waals surface area contributed by atoms with E-state index in [1.54, 1.807) is 18.2 Å². The molecule has 0 aromatic heterocycles. The van der Waals surface area contributed by atoms with Gasteiger partial charge in [0.25, 0.3) is 5.91 Å². The van der Waals surface area contributed by atoms with Gasteiger partial charge in [-0.1, -0.05) is 18.2 Å². The van der Waals surface area contributed by atoms with E-state index in [-0.39, 0.29) is 10.8 Å². The summed E-state index contributed by atoms with van der Waals surface area (Å²) in [6.07, 6.45) is 5.54. The SMILES string of the molecule is CS(=O)(=O)c1ccccc1NC(=O)c1ccc2c(c1)CCCC2. The van der Waals surface area contributed by atoms with E-state index in [0.717, 1.165) is 25.5 Å². The lowest BCUT2D eigenvalue weighted by Gasteiger charge is -2.16. The van der Waals surface area contributed by atoms with Crippen molar-refractivity contribution in [2.24, 2.45) is 0 Å². The first-order valence-electron chi connectivity index (χ1n) is 7.67. The van der Waals surface area contributed by atoms with Gasteiger partial charge in [-0.2, -0.15) is 0 Å². The molecule has 0 spiro atoms. The van der Waals surface area contributed by atoms with E-state index < -0.39 is 9.84 Å². The number of rotatable bonds is 3. The maximum absolute atomic E-state index is 12.5. The monoisotopic (exact) mass is 329 g/mol. The first-order valence-corrected chi connectivity index (χ1v) is 9.56. The van der Waals surface area contributed by atoms with Gasteiger partial charge in [0.2, 0.25) is 0 Å². The average Bonchev–Trinajstić information content (AvgIpc) is 2.54. The zero-order chi connectivity index (χ0) is 16.4. The number of amides is 1. The number of nitrogens with one attached hydrogen (secondary N) is 1. The van der Waals surface area contributed by atoms with Crippen LogP contribution in [0.2, 0.25) is 0 Å². The highest BCUT2D eigenvalue weighted by atomic mass is 32.2. The molecule has 0 saturated carbocycles. The van der Waals surface area contributed by atoms with E-state index in [1.165, 1.54) is 23.6 Å². The molecule has 3 rings (SSSR count). The molecule has 2 aromatic rings. The molecule has 4 nitrogen and oxygen atoms in total. The molecule has 0 bridgehead atoms. The number of anilines is 1. The first-order chi connectivity index (χ1) is 10.9. The highest BCUT2D eigenvalue weighted by molar-refractivity contribution is 7.90. The van der Waals surface area contributed by atoms with Crippen molar-refractivity contribution in [2.45, 2.75) is 30.6 Å². The van der Waals surface area contributed by atoms with Crippen LogP contribution in [0.5, 0.6) is 0 Å². The Morgan fingerprint density at radius 3 is 2.43 bits per heavy atom. The van der Waals surface area contributed by atoms with Crippen molar-refractivity contribution in [2.75, 3.05) is 11.6 Å². The number of carbonyl (C=O) groups is 1. The molecule has 1 amide bonds. The summed E-state index contributed by atoms with van der Waals surface area (Å²) in [7, 11) is -3.39. The molecule has 0 aliphatic heterocycles. The van der Waals surface area contributed by atoms with E-state index in [4.69, 9.17) is 0 Å². The molecule has 120 valence electrons. The lowest BCUT2D eigenvalue weighted by molar-refractivity contribution is 0.102. The molecule has 0 fully saturated rings. The molecule has 1 N–H and O–H groups in total. The van der Waals surface area contributed by atoms with Crippen molar-refractivity contribution in [1.82, 2.24) is 0 Å². The number of hydrogen-bond donors (Lipinski definition) is 1. The summed E-state index contributed by atoms with van der Waals surface area (Å²) in [5.74, 6) is -0.283. The van der Waals surface area contributed by atoms with Crippen LogP contribution in [0.15, 0.2) is 47.4 Å². The third-order valence-electron chi connectivity index (χ3n) is 4.15. The molecule has 23 heavy (non-hydrogen) atoms. The summed E-state index contributed by atoms with van der Waals surface area (Å²) in [5, 5.41) is 2.72. The fourth-order valence-electron chi connectivity index (χ4n) is 2.96. The predicted molar refractivity (Wildman–Crippen MR) is 90.6 cm³/mol. The van der Waals surface area contributed by atoms with Crippen LogP contribution in [0, 0.1) is 0 Å². The van der Waals surface area contributed by atoms with Crippen molar-refractivity contribution in [3.05, 3.63) is 59.2 Å². The van der Waals surface area contributed by atoms with E-state index in [1.807, 2.05) is 18.2 Å². The maximum Gasteiger partial charge on any atom is 0.255 e. The highest BCUT2D eigenvalue weighted by Crippen LogP contribution is 2.24. The Morgan fingerprint density at radius 1 is 1.00 bits per heavy atom. The van der Waals surface area contributed by atoms with E-state index in [9.17, 15) is 13.2 Å².